The monoisotopic (exact) mass is 183 g/mol. The second-order valence-electron chi connectivity index (χ2n) is 4.70. The van der Waals surface area contributed by atoms with Gasteiger partial charge < -0.3 is 4.90 Å². The van der Waals surface area contributed by atoms with Gasteiger partial charge in [0.1, 0.15) is 0 Å². The average Bonchev–Trinajstić information content (AvgIpc) is 2.13. The van der Waals surface area contributed by atoms with Crippen LogP contribution in [0.4, 0.5) is 0 Å². The highest BCUT2D eigenvalue weighted by molar-refractivity contribution is 5.76. The number of hydrogen-bond donors (Lipinski definition) is 0. The SMILES string of the molecule is CC1CCC(C(C)C)N(C)C(=O)C1. The molecule has 0 aliphatic carbocycles. The number of carbonyl (C=O) groups excluding carboxylic acids is 1. The minimum absolute atomic E-state index is 0.323. The molecule has 0 N–H and O–H groups in total. The predicted octanol–water partition coefficient (Wildman–Crippen LogP) is 2.29. The van der Waals surface area contributed by atoms with E-state index < -0.39 is 0 Å². The largest absolute Gasteiger partial charge is 0.343 e. The van der Waals surface area contributed by atoms with Crippen molar-refractivity contribution in [2.45, 2.75) is 46.1 Å². The van der Waals surface area contributed by atoms with Gasteiger partial charge >= 0.3 is 0 Å². The summed E-state index contributed by atoms with van der Waals surface area (Å²) in [5.74, 6) is 1.47. The van der Waals surface area contributed by atoms with Crippen LogP contribution < -0.4 is 0 Å². The molecule has 0 saturated carbocycles. The summed E-state index contributed by atoms with van der Waals surface area (Å²) in [6.45, 7) is 6.57. The van der Waals surface area contributed by atoms with E-state index >= 15 is 0 Å². The van der Waals surface area contributed by atoms with Crippen LogP contribution in [0.1, 0.15) is 40.0 Å². The summed E-state index contributed by atoms with van der Waals surface area (Å²) in [6.07, 6.45) is 3.10. The molecular formula is C11H21NO. The van der Waals surface area contributed by atoms with Crippen molar-refractivity contribution in [1.29, 1.82) is 0 Å². The van der Waals surface area contributed by atoms with E-state index in [4.69, 9.17) is 0 Å². The van der Waals surface area contributed by atoms with Crippen molar-refractivity contribution < 1.29 is 4.79 Å². The highest BCUT2D eigenvalue weighted by Crippen LogP contribution is 2.25. The van der Waals surface area contributed by atoms with Gasteiger partial charge in [0.2, 0.25) is 5.91 Å². The molecule has 1 saturated heterocycles. The van der Waals surface area contributed by atoms with Crippen molar-refractivity contribution in [3.8, 4) is 0 Å². The Bertz CT molecular complexity index is 189. The second kappa shape index (κ2) is 4.12. The fourth-order valence-electron chi connectivity index (χ4n) is 2.16. The summed E-state index contributed by atoms with van der Waals surface area (Å²) in [5, 5.41) is 0. The van der Waals surface area contributed by atoms with Crippen LogP contribution in [0.25, 0.3) is 0 Å². The molecule has 2 unspecified atom stereocenters. The fourth-order valence-corrected chi connectivity index (χ4v) is 2.16. The van der Waals surface area contributed by atoms with E-state index in [1.807, 2.05) is 11.9 Å². The minimum Gasteiger partial charge on any atom is -0.343 e. The van der Waals surface area contributed by atoms with Crippen molar-refractivity contribution in [2.24, 2.45) is 11.8 Å². The topological polar surface area (TPSA) is 20.3 Å². The molecule has 1 heterocycles. The number of hydrogen-bond acceptors (Lipinski definition) is 1. The summed E-state index contributed by atoms with van der Waals surface area (Å²) < 4.78 is 0. The standard InChI is InChI=1S/C11H21NO/c1-8(2)10-6-5-9(3)7-11(13)12(10)4/h8-10H,5-7H2,1-4H3. The molecular weight excluding hydrogens is 162 g/mol. The maximum absolute atomic E-state index is 11.7. The lowest BCUT2D eigenvalue weighted by molar-refractivity contribution is -0.132. The van der Waals surface area contributed by atoms with Crippen molar-refractivity contribution in [3.63, 3.8) is 0 Å². The fraction of sp³-hybridized carbons (Fsp3) is 0.909. The zero-order valence-corrected chi connectivity index (χ0v) is 9.21. The van der Waals surface area contributed by atoms with Crippen LogP contribution in [-0.4, -0.2) is 23.9 Å². The van der Waals surface area contributed by atoms with Gasteiger partial charge in [-0.3, -0.25) is 4.79 Å². The molecule has 0 aromatic heterocycles. The number of rotatable bonds is 1. The van der Waals surface area contributed by atoms with E-state index in [-0.39, 0.29) is 0 Å². The van der Waals surface area contributed by atoms with E-state index in [9.17, 15) is 4.79 Å². The van der Waals surface area contributed by atoms with E-state index in [1.165, 1.54) is 12.8 Å². The Balaban J connectivity index is 2.70. The lowest BCUT2D eigenvalue weighted by Crippen LogP contribution is -2.38. The predicted molar refractivity (Wildman–Crippen MR) is 54.4 cm³/mol. The highest BCUT2D eigenvalue weighted by atomic mass is 16.2. The van der Waals surface area contributed by atoms with Gasteiger partial charge in [-0.05, 0) is 24.7 Å². The number of carbonyl (C=O) groups is 1. The van der Waals surface area contributed by atoms with Crippen LogP contribution in [0.3, 0.4) is 0 Å². The van der Waals surface area contributed by atoms with Gasteiger partial charge in [-0.25, -0.2) is 0 Å². The third-order valence-electron chi connectivity index (χ3n) is 3.14. The third-order valence-corrected chi connectivity index (χ3v) is 3.14. The van der Waals surface area contributed by atoms with Crippen LogP contribution in [0.15, 0.2) is 0 Å². The van der Waals surface area contributed by atoms with Crippen molar-refractivity contribution >= 4 is 5.91 Å². The van der Waals surface area contributed by atoms with Gasteiger partial charge in [-0.1, -0.05) is 20.8 Å². The van der Waals surface area contributed by atoms with Crippen molar-refractivity contribution in [1.82, 2.24) is 4.90 Å². The maximum Gasteiger partial charge on any atom is 0.222 e. The van der Waals surface area contributed by atoms with E-state index in [1.54, 1.807) is 0 Å². The summed E-state index contributed by atoms with van der Waals surface area (Å²) >= 11 is 0. The first-order chi connectivity index (χ1) is 6.02. The molecule has 0 bridgehead atoms. The average molecular weight is 183 g/mol. The lowest BCUT2D eigenvalue weighted by Gasteiger charge is -2.29. The van der Waals surface area contributed by atoms with Crippen LogP contribution >= 0.6 is 0 Å². The van der Waals surface area contributed by atoms with Crippen LogP contribution in [0, 0.1) is 11.8 Å². The van der Waals surface area contributed by atoms with E-state index in [2.05, 4.69) is 20.8 Å². The number of amides is 1. The molecule has 2 heteroatoms. The minimum atomic E-state index is 0.323. The molecule has 0 aromatic rings. The molecule has 13 heavy (non-hydrogen) atoms. The molecule has 1 aliphatic rings. The molecule has 0 radical (unpaired) electrons. The van der Waals surface area contributed by atoms with E-state index in [0.717, 1.165) is 6.42 Å². The summed E-state index contributed by atoms with van der Waals surface area (Å²) in [7, 11) is 1.95. The zero-order chi connectivity index (χ0) is 10.0. The first-order valence-electron chi connectivity index (χ1n) is 5.28. The van der Waals surface area contributed by atoms with Gasteiger partial charge in [0, 0.05) is 19.5 Å². The first kappa shape index (κ1) is 10.6. The van der Waals surface area contributed by atoms with Crippen LogP contribution in [0.5, 0.6) is 0 Å². The van der Waals surface area contributed by atoms with Gasteiger partial charge in [0.25, 0.3) is 0 Å². The summed E-state index contributed by atoms with van der Waals surface area (Å²) in [5.41, 5.74) is 0. The third kappa shape index (κ3) is 2.45. The van der Waals surface area contributed by atoms with E-state index in [0.29, 0.717) is 23.8 Å². The Morgan fingerprint density at radius 2 is 2.00 bits per heavy atom. The van der Waals surface area contributed by atoms with Gasteiger partial charge in [0.05, 0.1) is 0 Å². The molecule has 1 fully saturated rings. The normalized spacial score (nSPS) is 30.8. The lowest BCUT2D eigenvalue weighted by atomic mass is 9.96. The number of likely N-dealkylation sites (tertiary alicyclic amines) is 1. The Labute approximate surface area is 81.3 Å². The van der Waals surface area contributed by atoms with Gasteiger partial charge in [0.15, 0.2) is 0 Å². The van der Waals surface area contributed by atoms with Crippen molar-refractivity contribution in [3.05, 3.63) is 0 Å². The molecule has 76 valence electrons. The molecule has 2 atom stereocenters. The quantitative estimate of drug-likeness (QED) is 0.611. The van der Waals surface area contributed by atoms with Crippen LogP contribution in [0.2, 0.25) is 0 Å². The highest BCUT2D eigenvalue weighted by Gasteiger charge is 2.27. The van der Waals surface area contributed by atoms with Crippen LogP contribution in [-0.2, 0) is 4.79 Å². The Morgan fingerprint density at radius 3 is 2.54 bits per heavy atom. The smallest absolute Gasteiger partial charge is 0.222 e. The summed E-state index contributed by atoms with van der Waals surface area (Å²) in [6, 6.07) is 0.456. The Morgan fingerprint density at radius 1 is 1.38 bits per heavy atom. The summed E-state index contributed by atoms with van der Waals surface area (Å²) in [4.78, 5) is 13.6. The second-order valence-corrected chi connectivity index (χ2v) is 4.70. The molecule has 1 amide bonds. The molecule has 1 rings (SSSR count). The van der Waals surface area contributed by atoms with Gasteiger partial charge in [-0.15, -0.1) is 0 Å². The number of nitrogens with zero attached hydrogens (tertiary/aromatic N) is 1. The van der Waals surface area contributed by atoms with Crippen molar-refractivity contribution in [2.75, 3.05) is 7.05 Å². The maximum atomic E-state index is 11.7. The Kier molecular flexibility index (Phi) is 3.34. The first-order valence-corrected chi connectivity index (χ1v) is 5.28. The molecule has 2 nitrogen and oxygen atoms in total. The van der Waals surface area contributed by atoms with Gasteiger partial charge in [-0.2, -0.15) is 0 Å². The molecule has 0 spiro atoms. The Hall–Kier alpha value is -0.530. The zero-order valence-electron chi connectivity index (χ0n) is 9.21. The molecule has 0 aromatic carbocycles. The molecule has 1 aliphatic heterocycles.